The van der Waals surface area contributed by atoms with E-state index in [4.69, 9.17) is 14.6 Å². The van der Waals surface area contributed by atoms with Crippen molar-refractivity contribution in [1.82, 2.24) is 5.32 Å². The molecule has 1 fully saturated rings. The Hall–Kier alpha value is -1.14. The highest BCUT2D eigenvalue weighted by molar-refractivity contribution is 5.80. The number of carbonyl (C=O) groups excluding carboxylic acids is 1. The van der Waals surface area contributed by atoms with Crippen LogP contribution in [0.5, 0.6) is 0 Å². The Labute approximate surface area is 119 Å². The summed E-state index contributed by atoms with van der Waals surface area (Å²) in [7, 11) is 0. The van der Waals surface area contributed by atoms with Crippen molar-refractivity contribution in [1.29, 1.82) is 0 Å². The van der Waals surface area contributed by atoms with Gasteiger partial charge < -0.3 is 19.9 Å². The van der Waals surface area contributed by atoms with Crippen LogP contribution in [0.25, 0.3) is 0 Å². The molecule has 1 aliphatic carbocycles. The Bertz CT molecular complexity index is 302. The van der Waals surface area contributed by atoms with Crippen LogP contribution >= 0.6 is 0 Å². The quantitative estimate of drug-likeness (QED) is 0.625. The molecule has 0 aromatic heterocycles. The summed E-state index contributed by atoms with van der Waals surface area (Å²) in [6, 6.07) is 0. The number of nitrogens with one attached hydrogen (secondary N) is 1. The number of ether oxygens (including phenoxy) is 2. The third-order valence-electron chi connectivity index (χ3n) is 3.34. The van der Waals surface area contributed by atoms with Crippen LogP contribution in [0.4, 0.5) is 0 Å². The molecular formula is C14H25NO5. The van der Waals surface area contributed by atoms with Gasteiger partial charge in [-0.2, -0.15) is 0 Å². The van der Waals surface area contributed by atoms with Gasteiger partial charge in [-0.15, -0.1) is 0 Å². The van der Waals surface area contributed by atoms with Crippen LogP contribution in [-0.4, -0.2) is 48.9 Å². The van der Waals surface area contributed by atoms with Crippen molar-refractivity contribution in [2.45, 2.75) is 57.7 Å². The first-order chi connectivity index (χ1) is 9.63. The average molecular weight is 287 g/mol. The summed E-state index contributed by atoms with van der Waals surface area (Å²) in [5.74, 6) is -1.15. The van der Waals surface area contributed by atoms with Gasteiger partial charge >= 0.3 is 5.97 Å². The van der Waals surface area contributed by atoms with Crippen LogP contribution in [0.3, 0.4) is 0 Å². The van der Waals surface area contributed by atoms with Gasteiger partial charge in [-0.1, -0.05) is 26.2 Å². The Balaban J connectivity index is 2.18. The number of carboxylic acid groups (broad SMARTS) is 1. The number of hydrogen-bond donors (Lipinski definition) is 2. The van der Waals surface area contributed by atoms with Crippen LogP contribution in [0.2, 0.25) is 0 Å². The smallest absolute Gasteiger partial charge is 0.329 e. The van der Waals surface area contributed by atoms with Gasteiger partial charge in [-0.25, -0.2) is 4.79 Å². The topological polar surface area (TPSA) is 84.9 Å². The zero-order chi connectivity index (χ0) is 14.8. The Morgan fingerprint density at radius 2 is 2.00 bits per heavy atom. The van der Waals surface area contributed by atoms with Crippen molar-refractivity contribution in [2.75, 3.05) is 19.8 Å². The Morgan fingerprint density at radius 3 is 2.60 bits per heavy atom. The minimum Gasteiger partial charge on any atom is -0.480 e. The summed E-state index contributed by atoms with van der Waals surface area (Å²) in [6.45, 7) is 2.08. The van der Waals surface area contributed by atoms with Crippen molar-refractivity contribution < 1.29 is 24.2 Å². The van der Waals surface area contributed by atoms with Gasteiger partial charge in [-0.3, -0.25) is 4.79 Å². The summed E-state index contributed by atoms with van der Waals surface area (Å²) in [4.78, 5) is 22.2. The highest BCUT2D eigenvalue weighted by Crippen LogP contribution is 2.22. The number of aliphatic carboxylic acids is 1. The fourth-order valence-corrected chi connectivity index (χ4v) is 2.30. The van der Waals surface area contributed by atoms with Gasteiger partial charge in [0, 0.05) is 6.54 Å². The van der Waals surface area contributed by atoms with Crippen molar-refractivity contribution in [3.8, 4) is 0 Å². The van der Waals surface area contributed by atoms with E-state index in [2.05, 4.69) is 5.32 Å². The van der Waals surface area contributed by atoms with E-state index in [1.165, 1.54) is 19.3 Å². The molecule has 0 aromatic carbocycles. The third kappa shape index (κ3) is 6.86. The fourth-order valence-electron chi connectivity index (χ4n) is 2.30. The second-order valence-corrected chi connectivity index (χ2v) is 5.03. The van der Waals surface area contributed by atoms with E-state index >= 15 is 0 Å². The van der Waals surface area contributed by atoms with E-state index in [1.54, 1.807) is 0 Å². The molecule has 6 nitrogen and oxygen atoms in total. The van der Waals surface area contributed by atoms with Crippen LogP contribution in [0.1, 0.15) is 45.4 Å². The van der Waals surface area contributed by atoms with Crippen molar-refractivity contribution in [3.05, 3.63) is 0 Å². The minimum atomic E-state index is -1.01. The fraction of sp³-hybridized carbons (Fsp3) is 0.857. The average Bonchev–Trinajstić information content (AvgIpc) is 2.45. The van der Waals surface area contributed by atoms with E-state index in [-0.39, 0.29) is 25.2 Å². The second-order valence-electron chi connectivity index (χ2n) is 5.03. The normalized spacial score (nSPS) is 17.6. The molecule has 0 aromatic rings. The van der Waals surface area contributed by atoms with Gasteiger partial charge in [-0.05, 0) is 19.3 Å². The molecule has 1 rings (SSSR count). The zero-order valence-electron chi connectivity index (χ0n) is 12.1. The number of hydrogen-bond acceptors (Lipinski definition) is 4. The molecule has 0 heterocycles. The van der Waals surface area contributed by atoms with Gasteiger partial charge in [0.15, 0.2) is 0 Å². The van der Waals surface area contributed by atoms with E-state index in [0.29, 0.717) is 13.0 Å². The van der Waals surface area contributed by atoms with Crippen LogP contribution in [0, 0.1) is 0 Å². The first-order valence-corrected chi connectivity index (χ1v) is 7.36. The SMILES string of the molecule is CCC(OC1CCCCC1)C(=O)NCCOCC(=O)O. The van der Waals surface area contributed by atoms with Crippen LogP contribution in [0.15, 0.2) is 0 Å². The highest BCUT2D eigenvalue weighted by Gasteiger charge is 2.23. The molecule has 2 N–H and O–H groups in total. The summed E-state index contributed by atoms with van der Waals surface area (Å²) in [5, 5.41) is 11.1. The molecule has 1 aliphatic rings. The summed E-state index contributed by atoms with van der Waals surface area (Å²) in [5.41, 5.74) is 0. The molecule has 1 unspecified atom stereocenters. The lowest BCUT2D eigenvalue weighted by Gasteiger charge is -2.26. The molecule has 1 atom stereocenters. The maximum absolute atomic E-state index is 11.9. The predicted molar refractivity (Wildman–Crippen MR) is 73.5 cm³/mol. The van der Waals surface area contributed by atoms with E-state index in [1.807, 2.05) is 6.92 Å². The van der Waals surface area contributed by atoms with Gasteiger partial charge in [0.25, 0.3) is 0 Å². The molecule has 1 saturated carbocycles. The molecule has 0 radical (unpaired) electrons. The monoisotopic (exact) mass is 287 g/mol. The molecule has 0 spiro atoms. The molecule has 20 heavy (non-hydrogen) atoms. The Kier molecular flexibility index (Phi) is 8.22. The lowest BCUT2D eigenvalue weighted by atomic mass is 9.97. The number of carbonyl (C=O) groups is 2. The van der Waals surface area contributed by atoms with Crippen LogP contribution in [-0.2, 0) is 19.1 Å². The summed E-state index contributed by atoms with van der Waals surface area (Å²) in [6.07, 6.45) is 6.08. The van der Waals surface area contributed by atoms with E-state index in [0.717, 1.165) is 12.8 Å². The molecule has 6 heteroatoms. The zero-order valence-corrected chi connectivity index (χ0v) is 12.1. The Morgan fingerprint density at radius 1 is 1.30 bits per heavy atom. The first-order valence-electron chi connectivity index (χ1n) is 7.36. The number of carboxylic acids is 1. The molecular weight excluding hydrogens is 262 g/mol. The minimum absolute atomic E-state index is 0.142. The van der Waals surface area contributed by atoms with Crippen molar-refractivity contribution in [2.24, 2.45) is 0 Å². The molecule has 116 valence electrons. The largest absolute Gasteiger partial charge is 0.480 e. The molecule has 0 saturated heterocycles. The summed E-state index contributed by atoms with van der Waals surface area (Å²) >= 11 is 0. The molecule has 1 amide bonds. The van der Waals surface area contributed by atoms with Gasteiger partial charge in [0.1, 0.15) is 12.7 Å². The van der Waals surface area contributed by atoms with Crippen molar-refractivity contribution >= 4 is 11.9 Å². The van der Waals surface area contributed by atoms with Crippen LogP contribution < -0.4 is 5.32 Å². The molecule has 0 bridgehead atoms. The highest BCUT2D eigenvalue weighted by atomic mass is 16.5. The lowest BCUT2D eigenvalue weighted by Crippen LogP contribution is -2.40. The predicted octanol–water partition coefficient (Wildman–Crippen LogP) is 1.33. The van der Waals surface area contributed by atoms with Gasteiger partial charge in [0.05, 0.1) is 12.7 Å². The maximum Gasteiger partial charge on any atom is 0.329 e. The van der Waals surface area contributed by atoms with E-state index < -0.39 is 12.1 Å². The van der Waals surface area contributed by atoms with Crippen molar-refractivity contribution in [3.63, 3.8) is 0 Å². The lowest BCUT2D eigenvalue weighted by molar-refractivity contribution is -0.142. The van der Waals surface area contributed by atoms with Gasteiger partial charge in [0.2, 0.25) is 5.91 Å². The number of amides is 1. The standard InChI is InChI=1S/C14H25NO5/c1-2-12(20-11-6-4-3-5-7-11)14(18)15-8-9-19-10-13(16)17/h11-12H,2-10H2,1H3,(H,15,18)(H,16,17). The first kappa shape index (κ1) is 16.9. The third-order valence-corrected chi connectivity index (χ3v) is 3.34. The molecule has 0 aliphatic heterocycles. The second kappa shape index (κ2) is 9.72. The summed E-state index contributed by atoms with van der Waals surface area (Å²) < 4.78 is 10.7. The maximum atomic E-state index is 11.9. The van der Waals surface area contributed by atoms with E-state index in [9.17, 15) is 9.59 Å². The number of rotatable bonds is 9.